The van der Waals surface area contributed by atoms with Crippen LogP contribution in [0.25, 0.3) is 0 Å². The molecule has 2 fully saturated rings. The van der Waals surface area contributed by atoms with E-state index < -0.39 is 11.7 Å². The van der Waals surface area contributed by atoms with Crippen LogP contribution in [0.2, 0.25) is 10.0 Å². The van der Waals surface area contributed by atoms with Crippen LogP contribution in [0.3, 0.4) is 0 Å². The van der Waals surface area contributed by atoms with Gasteiger partial charge in [-0.15, -0.1) is 0 Å². The van der Waals surface area contributed by atoms with E-state index in [1.807, 2.05) is 0 Å². The quantitative estimate of drug-likeness (QED) is 0.322. The Bertz CT molecular complexity index is 1040. The molecular formula is C25H34Cl2N4O6. The number of aromatic nitrogens is 1. The number of benzene rings is 1. The number of amides is 1. The number of hydrogen-bond donors (Lipinski definition) is 2. The van der Waals surface area contributed by atoms with Gasteiger partial charge in [0.25, 0.3) is 5.91 Å². The van der Waals surface area contributed by atoms with Gasteiger partial charge in [-0.2, -0.15) is 0 Å². The van der Waals surface area contributed by atoms with E-state index in [4.69, 9.17) is 37.5 Å². The second-order valence-corrected chi connectivity index (χ2v) is 9.91. The van der Waals surface area contributed by atoms with Gasteiger partial charge in [-0.3, -0.25) is 19.4 Å². The third-order valence-electron chi connectivity index (χ3n) is 6.52. The molecule has 2 N–H and O–H groups in total. The largest absolute Gasteiger partial charge is 0.503 e. The molecular weight excluding hydrogens is 523 g/mol. The molecule has 0 radical (unpaired) electrons. The Kier molecular flexibility index (Phi) is 10.3. The van der Waals surface area contributed by atoms with Crippen molar-refractivity contribution in [3.05, 3.63) is 45.6 Å². The average Bonchev–Trinajstić information content (AvgIpc) is 3.20. The third-order valence-corrected chi connectivity index (χ3v) is 7.26. The van der Waals surface area contributed by atoms with E-state index >= 15 is 0 Å². The van der Waals surface area contributed by atoms with Gasteiger partial charge in [0.15, 0.2) is 5.75 Å². The Morgan fingerprint density at radius 2 is 1.59 bits per heavy atom. The Morgan fingerprint density at radius 3 is 2.24 bits per heavy atom. The fraction of sp³-hybridized carbons (Fsp3) is 0.560. The van der Waals surface area contributed by atoms with E-state index in [1.54, 1.807) is 18.2 Å². The SMILES string of the molecule is O=C(c1cn(CCN2CCOCC2)c(O)c1O)N(Cc1ccc(Cl)c(Cl)c1)OCCCN1CCOCC1. The van der Waals surface area contributed by atoms with E-state index in [0.29, 0.717) is 68.2 Å². The molecule has 2 aliphatic rings. The first-order valence-corrected chi connectivity index (χ1v) is 13.3. The van der Waals surface area contributed by atoms with Crippen molar-refractivity contribution >= 4 is 29.1 Å². The van der Waals surface area contributed by atoms with Gasteiger partial charge in [-0.1, -0.05) is 29.3 Å². The van der Waals surface area contributed by atoms with Gasteiger partial charge in [-0.25, -0.2) is 5.06 Å². The highest BCUT2D eigenvalue weighted by Gasteiger charge is 2.26. The van der Waals surface area contributed by atoms with Gasteiger partial charge >= 0.3 is 0 Å². The highest BCUT2D eigenvalue weighted by atomic mass is 35.5. The van der Waals surface area contributed by atoms with E-state index in [-0.39, 0.29) is 18.0 Å². The first-order valence-electron chi connectivity index (χ1n) is 12.5. The van der Waals surface area contributed by atoms with Crippen molar-refractivity contribution in [1.82, 2.24) is 19.4 Å². The molecule has 0 aliphatic carbocycles. The number of morpholine rings is 2. The van der Waals surface area contributed by atoms with Crippen molar-refractivity contribution in [2.24, 2.45) is 0 Å². The molecule has 204 valence electrons. The lowest BCUT2D eigenvalue weighted by Gasteiger charge is -2.27. The second-order valence-electron chi connectivity index (χ2n) is 9.09. The molecule has 4 rings (SSSR count). The molecule has 0 bridgehead atoms. The molecule has 1 amide bonds. The van der Waals surface area contributed by atoms with E-state index in [0.717, 1.165) is 32.7 Å². The highest BCUT2D eigenvalue weighted by molar-refractivity contribution is 6.42. The van der Waals surface area contributed by atoms with Crippen LogP contribution in [0.15, 0.2) is 24.4 Å². The van der Waals surface area contributed by atoms with E-state index in [2.05, 4.69) is 9.80 Å². The highest BCUT2D eigenvalue weighted by Crippen LogP contribution is 2.33. The number of ether oxygens (including phenoxy) is 2. The van der Waals surface area contributed by atoms with Crippen LogP contribution in [0.4, 0.5) is 0 Å². The van der Waals surface area contributed by atoms with Crippen molar-refractivity contribution in [1.29, 1.82) is 0 Å². The summed E-state index contributed by atoms with van der Waals surface area (Å²) in [5.74, 6) is -1.38. The number of halogens is 2. The maximum absolute atomic E-state index is 13.5. The fourth-order valence-corrected chi connectivity index (χ4v) is 4.66. The van der Waals surface area contributed by atoms with Crippen LogP contribution in [0, 0.1) is 0 Å². The lowest BCUT2D eigenvalue weighted by atomic mass is 10.2. The molecule has 2 aliphatic heterocycles. The molecule has 0 saturated carbocycles. The normalized spacial score (nSPS) is 17.2. The van der Waals surface area contributed by atoms with Crippen LogP contribution in [0.1, 0.15) is 22.3 Å². The molecule has 0 unspecified atom stereocenters. The molecule has 12 heteroatoms. The van der Waals surface area contributed by atoms with Crippen LogP contribution in [0.5, 0.6) is 11.6 Å². The second kappa shape index (κ2) is 13.7. The molecule has 2 aromatic rings. The summed E-state index contributed by atoms with van der Waals surface area (Å²) in [5.41, 5.74) is 0.680. The summed E-state index contributed by atoms with van der Waals surface area (Å²) in [4.78, 5) is 23.9. The van der Waals surface area contributed by atoms with Gasteiger partial charge < -0.3 is 24.3 Å². The Balaban J connectivity index is 1.43. The predicted octanol–water partition coefficient (Wildman–Crippen LogP) is 2.83. The lowest BCUT2D eigenvalue weighted by molar-refractivity contribution is -0.132. The number of hydroxylamine groups is 2. The zero-order valence-electron chi connectivity index (χ0n) is 20.8. The number of carbonyl (C=O) groups is 1. The zero-order valence-corrected chi connectivity index (χ0v) is 22.3. The van der Waals surface area contributed by atoms with Crippen LogP contribution < -0.4 is 0 Å². The summed E-state index contributed by atoms with van der Waals surface area (Å²) in [5, 5.41) is 23.1. The summed E-state index contributed by atoms with van der Waals surface area (Å²) >= 11 is 12.2. The van der Waals surface area contributed by atoms with Crippen LogP contribution in [-0.2, 0) is 27.4 Å². The van der Waals surface area contributed by atoms with Crippen molar-refractivity contribution < 1.29 is 29.3 Å². The summed E-state index contributed by atoms with van der Waals surface area (Å²) in [6.07, 6.45) is 2.18. The van der Waals surface area contributed by atoms with Crippen molar-refractivity contribution in [3.8, 4) is 11.6 Å². The molecule has 0 spiro atoms. The maximum atomic E-state index is 13.5. The Labute approximate surface area is 226 Å². The predicted molar refractivity (Wildman–Crippen MR) is 139 cm³/mol. The summed E-state index contributed by atoms with van der Waals surface area (Å²) in [7, 11) is 0. The smallest absolute Gasteiger partial charge is 0.283 e. The van der Waals surface area contributed by atoms with Crippen molar-refractivity contribution in [2.75, 3.05) is 72.3 Å². The Morgan fingerprint density at radius 1 is 0.946 bits per heavy atom. The first-order chi connectivity index (χ1) is 17.9. The summed E-state index contributed by atoms with van der Waals surface area (Å²) in [6.45, 7) is 8.40. The molecule has 3 heterocycles. The topological polar surface area (TPSA) is 99.9 Å². The van der Waals surface area contributed by atoms with Gasteiger partial charge in [0.1, 0.15) is 5.56 Å². The maximum Gasteiger partial charge on any atom is 0.283 e. The van der Waals surface area contributed by atoms with Crippen molar-refractivity contribution in [3.63, 3.8) is 0 Å². The van der Waals surface area contributed by atoms with Crippen molar-refractivity contribution in [2.45, 2.75) is 19.5 Å². The number of carbonyl (C=O) groups excluding carboxylic acids is 1. The molecule has 2 saturated heterocycles. The molecule has 0 atom stereocenters. The molecule has 1 aromatic carbocycles. The monoisotopic (exact) mass is 556 g/mol. The molecule has 37 heavy (non-hydrogen) atoms. The number of rotatable bonds is 11. The van der Waals surface area contributed by atoms with Crippen LogP contribution in [-0.4, -0.2) is 108 Å². The fourth-order valence-electron chi connectivity index (χ4n) is 4.34. The standard InChI is InChI=1S/C25H34Cl2N4O6/c26-21-3-2-19(16-22(21)27)17-31(37-11-1-4-28-7-12-35-13-8-28)24(33)20-18-30(25(34)23(20)32)6-5-29-9-14-36-15-10-29/h2-3,16,18,32,34H,1,4-15,17H2. The number of hydrogen-bond acceptors (Lipinski definition) is 8. The summed E-state index contributed by atoms with van der Waals surface area (Å²) in [6, 6.07) is 5.09. The minimum atomic E-state index is -0.560. The minimum Gasteiger partial charge on any atom is -0.503 e. The van der Waals surface area contributed by atoms with E-state index in [1.165, 1.54) is 15.8 Å². The third kappa shape index (κ3) is 7.73. The summed E-state index contributed by atoms with van der Waals surface area (Å²) < 4.78 is 12.2. The molecule has 10 nitrogen and oxygen atoms in total. The van der Waals surface area contributed by atoms with Gasteiger partial charge in [0.05, 0.1) is 49.6 Å². The number of nitrogens with zero attached hydrogens (tertiary/aromatic N) is 4. The van der Waals surface area contributed by atoms with Gasteiger partial charge in [0, 0.05) is 52.0 Å². The van der Waals surface area contributed by atoms with E-state index in [9.17, 15) is 15.0 Å². The average molecular weight is 557 g/mol. The van der Waals surface area contributed by atoms with Gasteiger partial charge in [-0.05, 0) is 24.1 Å². The van der Waals surface area contributed by atoms with Crippen LogP contribution >= 0.6 is 23.2 Å². The van der Waals surface area contributed by atoms with Gasteiger partial charge in [0.2, 0.25) is 5.88 Å². The zero-order chi connectivity index (χ0) is 26.2. The lowest BCUT2D eigenvalue weighted by Crippen LogP contribution is -2.38. The minimum absolute atomic E-state index is 0.0345. The Hall–Kier alpha value is -2.05. The number of aromatic hydroxyl groups is 2. The molecule has 1 aromatic heterocycles. The first kappa shape index (κ1) is 28.0.